The van der Waals surface area contributed by atoms with Crippen LogP contribution in [0, 0.1) is 17.8 Å². The Morgan fingerprint density at radius 2 is 1.64 bits per heavy atom. The molecule has 1 aromatic carbocycles. The van der Waals surface area contributed by atoms with E-state index in [1.807, 2.05) is 4.90 Å². The van der Waals surface area contributed by atoms with Crippen LogP contribution in [0.25, 0.3) is 0 Å². The molecule has 0 bridgehead atoms. The molecule has 6 heteroatoms. The van der Waals surface area contributed by atoms with E-state index in [1.165, 1.54) is 0 Å². The van der Waals surface area contributed by atoms with Gasteiger partial charge in [0.15, 0.2) is 0 Å². The topological polar surface area (TPSA) is 66.9 Å². The summed E-state index contributed by atoms with van der Waals surface area (Å²) < 4.78 is 5.14. The van der Waals surface area contributed by atoms with Crippen molar-refractivity contribution >= 4 is 17.3 Å². The average Bonchev–Trinajstić information content (AvgIpc) is 2.58. The molecule has 0 N–H and O–H groups in total. The summed E-state index contributed by atoms with van der Waals surface area (Å²) in [5, 5.41) is 0. The first kappa shape index (κ1) is 18.0. The molecule has 2 saturated heterocycles. The maximum absolute atomic E-state index is 12.3. The number of rotatable bonds is 4. The minimum Gasteiger partial charge on any atom is -0.466 e. The lowest BCUT2D eigenvalue weighted by Crippen LogP contribution is -2.52. The number of anilines is 2. The fourth-order valence-corrected chi connectivity index (χ4v) is 4.43. The lowest BCUT2D eigenvalue weighted by molar-refractivity contribution is -0.148. The minimum atomic E-state index is -0.398. The third-order valence-electron chi connectivity index (χ3n) is 5.40. The van der Waals surface area contributed by atoms with Gasteiger partial charge in [-0.3, -0.25) is 14.4 Å². The van der Waals surface area contributed by atoms with E-state index in [4.69, 9.17) is 4.74 Å². The van der Waals surface area contributed by atoms with Crippen molar-refractivity contribution < 1.29 is 9.53 Å². The highest BCUT2D eigenvalue weighted by Crippen LogP contribution is 2.33. The van der Waals surface area contributed by atoms with E-state index in [9.17, 15) is 14.4 Å². The van der Waals surface area contributed by atoms with Crippen LogP contribution in [0.15, 0.2) is 9.59 Å². The molecule has 0 aromatic heterocycles. The van der Waals surface area contributed by atoms with Crippen LogP contribution in [-0.4, -0.2) is 38.8 Å². The van der Waals surface area contributed by atoms with Crippen molar-refractivity contribution in [1.82, 2.24) is 0 Å². The van der Waals surface area contributed by atoms with Gasteiger partial charge in [0.25, 0.3) is 10.9 Å². The first-order chi connectivity index (χ1) is 11.9. The molecule has 2 aliphatic heterocycles. The summed E-state index contributed by atoms with van der Waals surface area (Å²) in [4.78, 5) is 40.7. The van der Waals surface area contributed by atoms with Gasteiger partial charge in [-0.1, -0.05) is 13.8 Å². The molecule has 3 rings (SSSR count). The molecule has 3 atom stereocenters. The van der Waals surface area contributed by atoms with Crippen molar-refractivity contribution in [2.75, 3.05) is 42.6 Å². The molecule has 0 saturated carbocycles. The van der Waals surface area contributed by atoms with E-state index in [2.05, 4.69) is 18.7 Å². The van der Waals surface area contributed by atoms with Gasteiger partial charge >= 0.3 is 5.97 Å². The SMILES string of the molecule is CCOC(=O)C1CCCN(c2c(N3CC(C)CC(C)C3)c(=O)c2=O)C1. The molecule has 2 heterocycles. The van der Waals surface area contributed by atoms with Crippen LogP contribution in [0.4, 0.5) is 11.4 Å². The standard InChI is InChI=1S/C19H28N2O4/c1-4-25-19(24)14-6-5-7-20(11-14)15-16(18(23)17(15)22)21-9-12(2)8-13(3)10-21/h12-14H,4-11H2,1-3H3. The van der Waals surface area contributed by atoms with Crippen molar-refractivity contribution in [3.8, 4) is 0 Å². The van der Waals surface area contributed by atoms with Gasteiger partial charge in [-0.05, 0) is 38.0 Å². The fourth-order valence-electron chi connectivity index (χ4n) is 4.43. The summed E-state index contributed by atoms with van der Waals surface area (Å²) in [6.07, 6.45) is 2.75. The number of carbonyl (C=O) groups excluding carboxylic acids is 1. The highest BCUT2D eigenvalue weighted by molar-refractivity contribution is 5.79. The molecule has 3 unspecified atom stereocenters. The number of piperidine rings is 2. The molecule has 0 amide bonds. The van der Waals surface area contributed by atoms with E-state index in [1.54, 1.807) is 6.92 Å². The summed E-state index contributed by atoms with van der Waals surface area (Å²) in [5.74, 6) is 0.599. The van der Waals surface area contributed by atoms with Crippen molar-refractivity contribution in [2.45, 2.75) is 40.0 Å². The van der Waals surface area contributed by atoms with Gasteiger partial charge in [0, 0.05) is 26.2 Å². The molecule has 6 nitrogen and oxygen atoms in total. The Morgan fingerprint density at radius 1 is 1.04 bits per heavy atom. The van der Waals surface area contributed by atoms with Crippen molar-refractivity contribution in [2.24, 2.45) is 17.8 Å². The molecule has 2 aliphatic rings. The first-order valence-electron chi connectivity index (χ1n) is 9.42. The Labute approximate surface area is 148 Å². The summed E-state index contributed by atoms with van der Waals surface area (Å²) >= 11 is 0. The van der Waals surface area contributed by atoms with Crippen LogP contribution >= 0.6 is 0 Å². The Balaban J connectivity index is 1.81. The van der Waals surface area contributed by atoms with Gasteiger partial charge in [-0.15, -0.1) is 0 Å². The fraction of sp³-hybridized carbons (Fsp3) is 0.737. The molecular weight excluding hydrogens is 320 g/mol. The lowest BCUT2D eigenvalue weighted by Gasteiger charge is -2.41. The molecule has 138 valence electrons. The second-order valence-electron chi connectivity index (χ2n) is 7.74. The van der Waals surface area contributed by atoms with Gasteiger partial charge in [-0.25, -0.2) is 0 Å². The molecule has 0 radical (unpaired) electrons. The number of nitrogens with zero attached hydrogens (tertiary/aromatic N) is 2. The van der Waals surface area contributed by atoms with E-state index in [0.29, 0.717) is 42.9 Å². The normalized spacial score (nSPS) is 27.6. The highest BCUT2D eigenvalue weighted by atomic mass is 16.5. The van der Waals surface area contributed by atoms with Crippen LogP contribution in [0.3, 0.4) is 0 Å². The smallest absolute Gasteiger partial charge is 0.310 e. The van der Waals surface area contributed by atoms with Crippen LogP contribution in [0.1, 0.15) is 40.0 Å². The van der Waals surface area contributed by atoms with E-state index < -0.39 is 5.43 Å². The van der Waals surface area contributed by atoms with E-state index in [-0.39, 0.29) is 17.3 Å². The van der Waals surface area contributed by atoms with Crippen molar-refractivity contribution in [3.63, 3.8) is 0 Å². The lowest BCUT2D eigenvalue weighted by atomic mass is 9.90. The third-order valence-corrected chi connectivity index (χ3v) is 5.40. The average molecular weight is 348 g/mol. The first-order valence-corrected chi connectivity index (χ1v) is 9.42. The molecule has 2 fully saturated rings. The summed E-state index contributed by atoms with van der Waals surface area (Å²) in [6, 6.07) is 0. The second-order valence-corrected chi connectivity index (χ2v) is 7.74. The highest BCUT2D eigenvalue weighted by Gasteiger charge is 2.36. The molecular formula is C19H28N2O4. The molecule has 0 spiro atoms. The Bertz CT molecular complexity index is 697. The number of hydrogen-bond acceptors (Lipinski definition) is 6. The van der Waals surface area contributed by atoms with Crippen LogP contribution < -0.4 is 20.7 Å². The van der Waals surface area contributed by atoms with Crippen LogP contribution in [-0.2, 0) is 9.53 Å². The van der Waals surface area contributed by atoms with Crippen molar-refractivity contribution in [1.29, 1.82) is 0 Å². The van der Waals surface area contributed by atoms with E-state index in [0.717, 1.165) is 32.4 Å². The predicted octanol–water partition coefficient (Wildman–Crippen LogP) is 1.54. The minimum absolute atomic E-state index is 0.201. The largest absolute Gasteiger partial charge is 0.466 e. The number of carbonyl (C=O) groups is 1. The predicted molar refractivity (Wildman–Crippen MR) is 98.1 cm³/mol. The maximum Gasteiger partial charge on any atom is 0.310 e. The number of hydrogen-bond donors (Lipinski definition) is 0. The zero-order valence-electron chi connectivity index (χ0n) is 15.4. The third kappa shape index (κ3) is 3.44. The van der Waals surface area contributed by atoms with Gasteiger partial charge in [0.05, 0.1) is 12.5 Å². The second kappa shape index (κ2) is 7.18. The van der Waals surface area contributed by atoms with Crippen LogP contribution in [0.2, 0.25) is 0 Å². The van der Waals surface area contributed by atoms with E-state index >= 15 is 0 Å². The number of ether oxygens (including phenoxy) is 1. The van der Waals surface area contributed by atoms with Gasteiger partial charge in [-0.2, -0.15) is 0 Å². The Morgan fingerprint density at radius 3 is 2.24 bits per heavy atom. The summed E-state index contributed by atoms with van der Waals surface area (Å²) in [6.45, 7) is 9.35. The monoisotopic (exact) mass is 348 g/mol. The van der Waals surface area contributed by atoms with Gasteiger partial charge in [0.1, 0.15) is 11.4 Å². The zero-order valence-corrected chi connectivity index (χ0v) is 15.4. The summed E-state index contributed by atoms with van der Waals surface area (Å²) in [7, 11) is 0. The maximum atomic E-state index is 12.3. The molecule has 1 aromatic rings. The molecule has 0 aliphatic carbocycles. The summed E-state index contributed by atoms with van der Waals surface area (Å²) in [5.41, 5.74) is 0.341. The number of esters is 1. The van der Waals surface area contributed by atoms with Gasteiger partial charge in [0.2, 0.25) is 0 Å². The van der Waals surface area contributed by atoms with Crippen LogP contribution in [0.5, 0.6) is 0 Å². The molecule has 25 heavy (non-hydrogen) atoms. The van der Waals surface area contributed by atoms with Gasteiger partial charge < -0.3 is 14.5 Å². The van der Waals surface area contributed by atoms with Crippen molar-refractivity contribution in [3.05, 3.63) is 20.4 Å². The Hall–Kier alpha value is -1.85. The zero-order chi connectivity index (χ0) is 18.1. The Kier molecular flexibility index (Phi) is 5.16. The quantitative estimate of drug-likeness (QED) is 0.607.